The average Bonchev–Trinajstić information content (AvgIpc) is 2.93. The summed E-state index contributed by atoms with van der Waals surface area (Å²) in [4.78, 5) is 7.49. The highest BCUT2D eigenvalue weighted by Crippen LogP contribution is 2.23. The van der Waals surface area contributed by atoms with Gasteiger partial charge in [0.15, 0.2) is 0 Å². The van der Waals surface area contributed by atoms with E-state index in [1.54, 1.807) is 6.20 Å². The lowest BCUT2D eigenvalue weighted by Crippen LogP contribution is -2.18. The molecule has 0 amide bonds. The van der Waals surface area contributed by atoms with Crippen molar-refractivity contribution in [3.63, 3.8) is 0 Å². The zero-order chi connectivity index (χ0) is 12.4. The Balaban J connectivity index is 2.07. The molecular formula is C15H15N3. The minimum atomic E-state index is 0.101. The highest BCUT2D eigenvalue weighted by atomic mass is 15.0. The Hall–Kier alpha value is -2.13. The van der Waals surface area contributed by atoms with Gasteiger partial charge in [0.25, 0.3) is 0 Å². The van der Waals surface area contributed by atoms with Crippen LogP contribution in [0.25, 0.3) is 10.8 Å². The van der Waals surface area contributed by atoms with E-state index in [1.807, 2.05) is 13.2 Å². The lowest BCUT2D eigenvalue weighted by atomic mass is 10.0. The van der Waals surface area contributed by atoms with Gasteiger partial charge >= 0.3 is 0 Å². The van der Waals surface area contributed by atoms with Crippen molar-refractivity contribution in [3.8, 4) is 0 Å². The number of aromatic amines is 1. The molecule has 3 nitrogen and oxygen atoms in total. The minimum absolute atomic E-state index is 0.101. The van der Waals surface area contributed by atoms with Crippen LogP contribution in [0.4, 0.5) is 0 Å². The molecule has 0 saturated heterocycles. The summed E-state index contributed by atoms with van der Waals surface area (Å²) in [7, 11) is 1.95. The number of imidazole rings is 1. The normalized spacial score (nSPS) is 12.7. The average molecular weight is 237 g/mol. The molecule has 0 fully saturated rings. The van der Waals surface area contributed by atoms with E-state index in [9.17, 15) is 0 Å². The third-order valence-corrected chi connectivity index (χ3v) is 3.19. The van der Waals surface area contributed by atoms with Gasteiger partial charge in [-0.2, -0.15) is 0 Å². The summed E-state index contributed by atoms with van der Waals surface area (Å²) in [5.41, 5.74) is 1.21. The fourth-order valence-electron chi connectivity index (χ4n) is 2.28. The number of aromatic nitrogens is 2. The first kappa shape index (κ1) is 11.0. The molecule has 1 aromatic heterocycles. The van der Waals surface area contributed by atoms with Crippen molar-refractivity contribution in [3.05, 3.63) is 66.2 Å². The van der Waals surface area contributed by atoms with Crippen LogP contribution in [-0.2, 0) is 0 Å². The molecule has 1 heterocycles. The molecule has 0 radical (unpaired) electrons. The van der Waals surface area contributed by atoms with E-state index in [0.717, 1.165) is 5.82 Å². The lowest BCUT2D eigenvalue weighted by Gasteiger charge is -2.14. The monoisotopic (exact) mass is 237 g/mol. The highest BCUT2D eigenvalue weighted by molar-refractivity contribution is 5.83. The summed E-state index contributed by atoms with van der Waals surface area (Å²) < 4.78 is 0. The second-order valence-corrected chi connectivity index (χ2v) is 4.30. The number of benzene rings is 2. The first-order valence-electron chi connectivity index (χ1n) is 6.04. The van der Waals surface area contributed by atoms with Gasteiger partial charge in [-0.3, -0.25) is 0 Å². The van der Waals surface area contributed by atoms with Crippen LogP contribution in [0.2, 0.25) is 0 Å². The first-order chi connectivity index (χ1) is 8.88. The summed E-state index contributed by atoms with van der Waals surface area (Å²) in [6.07, 6.45) is 3.63. The Bertz CT molecular complexity index is 644. The number of nitrogens with zero attached hydrogens (tertiary/aromatic N) is 1. The number of fused-ring (bicyclic) bond motifs is 1. The van der Waals surface area contributed by atoms with Crippen molar-refractivity contribution in [2.24, 2.45) is 0 Å². The molecule has 3 rings (SSSR count). The Labute approximate surface area is 106 Å². The summed E-state index contributed by atoms with van der Waals surface area (Å²) in [5, 5.41) is 5.80. The summed E-state index contributed by atoms with van der Waals surface area (Å²) in [6, 6.07) is 15.0. The van der Waals surface area contributed by atoms with Crippen molar-refractivity contribution < 1.29 is 0 Å². The van der Waals surface area contributed by atoms with E-state index >= 15 is 0 Å². The molecule has 3 aromatic rings. The maximum absolute atomic E-state index is 4.33. The van der Waals surface area contributed by atoms with E-state index < -0.39 is 0 Å². The molecule has 90 valence electrons. The molecule has 0 bridgehead atoms. The largest absolute Gasteiger partial charge is 0.347 e. The molecule has 0 saturated carbocycles. The quantitative estimate of drug-likeness (QED) is 0.735. The zero-order valence-electron chi connectivity index (χ0n) is 10.2. The number of hydrogen-bond donors (Lipinski definition) is 2. The van der Waals surface area contributed by atoms with Gasteiger partial charge in [0, 0.05) is 12.4 Å². The molecule has 0 aliphatic heterocycles. The Morgan fingerprint density at radius 3 is 2.67 bits per heavy atom. The maximum Gasteiger partial charge on any atom is 0.127 e. The second kappa shape index (κ2) is 4.63. The van der Waals surface area contributed by atoms with Crippen LogP contribution in [0.3, 0.4) is 0 Å². The van der Waals surface area contributed by atoms with Gasteiger partial charge in [0.05, 0.1) is 6.04 Å². The van der Waals surface area contributed by atoms with Gasteiger partial charge in [-0.05, 0) is 29.4 Å². The molecule has 0 aliphatic rings. The standard InChI is InChI=1S/C15H15N3/c1-16-14(15-17-8-9-18-15)13-7-6-11-4-2-3-5-12(11)10-13/h2-10,14,16H,1H3,(H,17,18). The number of H-pyrrole nitrogens is 1. The molecule has 2 N–H and O–H groups in total. The van der Waals surface area contributed by atoms with Crippen molar-refractivity contribution >= 4 is 10.8 Å². The van der Waals surface area contributed by atoms with Gasteiger partial charge < -0.3 is 10.3 Å². The Morgan fingerprint density at radius 1 is 1.11 bits per heavy atom. The topological polar surface area (TPSA) is 40.7 Å². The number of hydrogen-bond acceptors (Lipinski definition) is 2. The molecule has 18 heavy (non-hydrogen) atoms. The lowest BCUT2D eigenvalue weighted by molar-refractivity contribution is 0.656. The van der Waals surface area contributed by atoms with E-state index in [0.29, 0.717) is 0 Å². The minimum Gasteiger partial charge on any atom is -0.347 e. The highest BCUT2D eigenvalue weighted by Gasteiger charge is 2.14. The van der Waals surface area contributed by atoms with Gasteiger partial charge in [-0.25, -0.2) is 4.98 Å². The van der Waals surface area contributed by atoms with Crippen molar-refractivity contribution in [2.75, 3.05) is 7.05 Å². The van der Waals surface area contributed by atoms with Crippen molar-refractivity contribution in [1.29, 1.82) is 0 Å². The van der Waals surface area contributed by atoms with E-state index in [1.165, 1.54) is 16.3 Å². The number of rotatable bonds is 3. The molecular weight excluding hydrogens is 222 g/mol. The van der Waals surface area contributed by atoms with Crippen LogP contribution in [0.15, 0.2) is 54.9 Å². The van der Waals surface area contributed by atoms with E-state index in [2.05, 4.69) is 57.7 Å². The van der Waals surface area contributed by atoms with Crippen LogP contribution in [0, 0.1) is 0 Å². The third kappa shape index (κ3) is 1.89. The molecule has 1 unspecified atom stereocenters. The number of nitrogens with one attached hydrogen (secondary N) is 2. The zero-order valence-corrected chi connectivity index (χ0v) is 10.2. The van der Waals surface area contributed by atoms with Crippen LogP contribution in [-0.4, -0.2) is 17.0 Å². The summed E-state index contributed by atoms with van der Waals surface area (Å²) in [5.74, 6) is 0.938. The Kier molecular flexibility index (Phi) is 2.82. The SMILES string of the molecule is CNC(c1ccc2ccccc2c1)c1ncc[nH]1. The Morgan fingerprint density at radius 2 is 1.94 bits per heavy atom. The summed E-state index contributed by atoms with van der Waals surface area (Å²) >= 11 is 0. The van der Waals surface area contributed by atoms with Crippen molar-refractivity contribution in [2.45, 2.75) is 6.04 Å². The van der Waals surface area contributed by atoms with Gasteiger partial charge in [-0.1, -0.05) is 36.4 Å². The van der Waals surface area contributed by atoms with E-state index in [4.69, 9.17) is 0 Å². The van der Waals surface area contributed by atoms with Gasteiger partial charge in [0.1, 0.15) is 5.82 Å². The van der Waals surface area contributed by atoms with Crippen LogP contribution in [0.5, 0.6) is 0 Å². The fraction of sp³-hybridized carbons (Fsp3) is 0.133. The van der Waals surface area contributed by atoms with Crippen molar-refractivity contribution in [1.82, 2.24) is 15.3 Å². The van der Waals surface area contributed by atoms with Crippen LogP contribution in [0.1, 0.15) is 17.4 Å². The third-order valence-electron chi connectivity index (χ3n) is 3.19. The maximum atomic E-state index is 4.33. The molecule has 0 aliphatic carbocycles. The van der Waals surface area contributed by atoms with E-state index in [-0.39, 0.29) is 6.04 Å². The molecule has 2 aromatic carbocycles. The first-order valence-corrected chi connectivity index (χ1v) is 6.04. The predicted molar refractivity (Wildman–Crippen MR) is 73.4 cm³/mol. The molecule has 1 atom stereocenters. The summed E-state index contributed by atoms with van der Waals surface area (Å²) in [6.45, 7) is 0. The van der Waals surface area contributed by atoms with Gasteiger partial charge in [-0.15, -0.1) is 0 Å². The second-order valence-electron chi connectivity index (χ2n) is 4.30. The smallest absolute Gasteiger partial charge is 0.127 e. The van der Waals surface area contributed by atoms with Crippen LogP contribution >= 0.6 is 0 Å². The predicted octanol–water partition coefficient (Wildman–Crippen LogP) is 2.87. The molecule has 0 spiro atoms. The van der Waals surface area contributed by atoms with Crippen LogP contribution < -0.4 is 5.32 Å². The molecule has 3 heteroatoms. The fourth-order valence-corrected chi connectivity index (χ4v) is 2.28. The van der Waals surface area contributed by atoms with Gasteiger partial charge in [0.2, 0.25) is 0 Å².